The Bertz CT molecular complexity index is 480. The van der Waals surface area contributed by atoms with Crippen molar-refractivity contribution in [3.05, 3.63) is 47.0 Å². The summed E-state index contributed by atoms with van der Waals surface area (Å²) in [5.41, 5.74) is 0.822. The number of unbranched alkanes of at least 4 members (excludes halogenated alkanes) is 2. The van der Waals surface area contributed by atoms with Gasteiger partial charge < -0.3 is 9.47 Å². The van der Waals surface area contributed by atoms with Crippen LogP contribution in [-0.2, 0) is 25.7 Å². The molecule has 0 spiro atoms. The second-order valence-electron chi connectivity index (χ2n) is 4.44. The third-order valence-corrected chi connectivity index (χ3v) is 2.89. The SMILES string of the molecule is CCCCCOC(=O)/C=C/C(=O)OCc1ccc(Cl)cc1. The van der Waals surface area contributed by atoms with Gasteiger partial charge in [0.15, 0.2) is 0 Å². The van der Waals surface area contributed by atoms with Crippen LogP contribution in [0.3, 0.4) is 0 Å². The fourth-order valence-corrected chi connectivity index (χ4v) is 1.62. The summed E-state index contributed by atoms with van der Waals surface area (Å²) < 4.78 is 9.91. The van der Waals surface area contributed by atoms with Gasteiger partial charge in [0, 0.05) is 17.2 Å². The van der Waals surface area contributed by atoms with Crippen molar-refractivity contribution in [3.8, 4) is 0 Å². The largest absolute Gasteiger partial charge is 0.463 e. The predicted octanol–water partition coefficient (Wildman–Crippen LogP) is 3.67. The van der Waals surface area contributed by atoms with E-state index in [1.807, 2.05) is 0 Å². The van der Waals surface area contributed by atoms with Gasteiger partial charge in [-0.2, -0.15) is 0 Å². The minimum atomic E-state index is -0.588. The van der Waals surface area contributed by atoms with Gasteiger partial charge in [-0.3, -0.25) is 0 Å². The Morgan fingerprint density at radius 3 is 2.29 bits per heavy atom. The van der Waals surface area contributed by atoms with E-state index in [9.17, 15) is 9.59 Å². The van der Waals surface area contributed by atoms with Crippen LogP contribution in [0.4, 0.5) is 0 Å². The van der Waals surface area contributed by atoms with Crippen LogP contribution in [-0.4, -0.2) is 18.5 Å². The molecule has 0 bridgehead atoms. The molecule has 0 aliphatic rings. The summed E-state index contributed by atoms with van der Waals surface area (Å²) in [6.45, 7) is 2.57. The Balaban J connectivity index is 2.24. The van der Waals surface area contributed by atoms with Gasteiger partial charge >= 0.3 is 11.9 Å². The topological polar surface area (TPSA) is 52.6 Å². The molecule has 0 aromatic heterocycles. The first-order valence-electron chi connectivity index (χ1n) is 6.88. The third-order valence-electron chi connectivity index (χ3n) is 2.64. The number of benzene rings is 1. The zero-order chi connectivity index (χ0) is 15.5. The van der Waals surface area contributed by atoms with Crippen molar-refractivity contribution in [2.75, 3.05) is 6.61 Å². The van der Waals surface area contributed by atoms with Gasteiger partial charge in [0.1, 0.15) is 6.61 Å². The van der Waals surface area contributed by atoms with Crippen molar-refractivity contribution in [3.63, 3.8) is 0 Å². The summed E-state index contributed by atoms with van der Waals surface area (Å²) in [6.07, 6.45) is 5.05. The number of carbonyl (C=O) groups is 2. The number of halogens is 1. The lowest BCUT2D eigenvalue weighted by atomic mass is 10.2. The van der Waals surface area contributed by atoms with E-state index in [1.165, 1.54) is 0 Å². The fourth-order valence-electron chi connectivity index (χ4n) is 1.49. The summed E-state index contributed by atoms with van der Waals surface area (Å²) in [4.78, 5) is 22.7. The van der Waals surface area contributed by atoms with E-state index in [2.05, 4.69) is 6.92 Å². The van der Waals surface area contributed by atoms with Crippen LogP contribution in [0.25, 0.3) is 0 Å². The molecule has 0 saturated carbocycles. The summed E-state index contributed by atoms with van der Waals surface area (Å²) in [6, 6.07) is 6.96. The molecule has 1 aromatic carbocycles. The smallest absolute Gasteiger partial charge is 0.331 e. The lowest BCUT2D eigenvalue weighted by molar-refractivity contribution is -0.141. The van der Waals surface area contributed by atoms with E-state index >= 15 is 0 Å². The molecule has 0 saturated heterocycles. The average Bonchev–Trinajstić information content (AvgIpc) is 2.49. The van der Waals surface area contributed by atoms with Crippen LogP contribution < -0.4 is 0 Å². The molecule has 0 atom stereocenters. The van der Waals surface area contributed by atoms with Crippen molar-refractivity contribution >= 4 is 23.5 Å². The molecule has 0 aliphatic carbocycles. The number of rotatable bonds is 8. The molecule has 4 nitrogen and oxygen atoms in total. The lowest BCUT2D eigenvalue weighted by Gasteiger charge is -2.02. The van der Waals surface area contributed by atoms with E-state index in [-0.39, 0.29) is 6.61 Å². The Morgan fingerprint density at radius 1 is 1.05 bits per heavy atom. The minimum absolute atomic E-state index is 0.131. The highest BCUT2D eigenvalue weighted by molar-refractivity contribution is 6.30. The average molecular weight is 311 g/mol. The molecule has 0 N–H and O–H groups in total. The molecule has 1 aromatic rings. The van der Waals surface area contributed by atoms with Crippen LogP contribution in [0, 0.1) is 0 Å². The maximum atomic E-state index is 11.4. The van der Waals surface area contributed by atoms with Gasteiger partial charge in [0.25, 0.3) is 0 Å². The number of carbonyl (C=O) groups excluding carboxylic acids is 2. The minimum Gasteiger partial charge on any atom is -0.463 e. The maximum absolute atomic E-state index is 11.4. The monoisotopic (exact) mass is 310 g/mol. The first-order valence-corrected chi connectivity index (χ1v) is 7.25. The predicted molar refractivity (Wildman–Crippen MR) is 80.9 cm³/mol. The van der Waals surface area contributed by atoms with Gasteiger partial charge in [-0.1, -0.05) is 43.5 Å². The highest BCUT2D eigenvalue weighted by Gasteiger charge is 2.02. The Morgan fingerprint density at radius 2 is 1.67 bits per heavy atom. The van der Waals surface area contributed by atoms with Crippen molar-refractivity contribution in [2.24, 2.45) is 0 Å². The molecule has 0 heterocycles. The number of hydrogen-bond acceptors (Lipinski definition) is 4. The standard InChI is InChI=1S/C16H19ClO4/c1-2-3-4-11-20-15(18)9-10-16(19)21-12-13-5-7-14(17)8-6-13/h5-10H,2-4,11-12H2,1H3/b10-9+. The lowest BCUT2D eigenvalue weighted by Crippen LogP contribution is -2.05. The Labute approximate surface area is 129 Å². The quantitative estimate of drug-likeness (QED) is 0.417. The summed E-state index contributed by atoms with van der Waals surface area (Å²) in [7, 11) is 0. The van der Waals surface area contributed by atoms with Crippen LogP contribution in [0.2, 0.25) is 5.02 Å². The number of esters is 2. The van der Waals surface area contributed by atoms with Gasteiger partial charge in [-0.05, 0) is 24.1 Å². The molecule has 1 rings (SSSR count). The second kappa shape index (κ2) is 10.00. The Kier molecular flexibility index (Phi) is 8.21. The van der Waals surface area contributed by atoms with E-state index < -0.39 is 11.9 Å². The number of hydrogen-bond donors (Lipinski definition) is 0. The van der Waals surface area contributed by atoms with Crippen LogP contribution >= 0.6 is 11.6 Å². The maximum Gasteiger partial charge on any atom is 0.331 e. The van der Waals surface area contributed by atoms with Crippen molar-refractivity contribution in [2.45, 2.75) is 32.8 Å². The third kappa shape index (κ3) is 8.15. The van der Waals surface area contributed by atoms with Crippen molar-refractivity contribution in [1.29, 1.82) is 0 Å². The highest BCUT2D eigenvalue weighted by Crippen LogP contribution is 2.10. The zero-order valence-electron chi connectivity index (χ0n) is 12.0. The first-order chi connectivity index (χ1) is 10.1. The normalized spacial score (nSPS) is 10.6. The molecule has 0 unspecified atom stereocenters. The molecule has 114 valence electrons. The molecule has 0 aliphatic heterocycles. The molecular weight excluding hydrogens is 292 g/mol. The van der Waals surface area contributed by atoms with Crippen molar-refractivity contribution < 1.29 is 19.1 Å². The zero-order valence-corrected chi connectivity index (χ0v) is 12.8. The second-order valence-corrected chi connectivity index (χ2v) is 4.88. The van der Waals surface area contributed by atoms with E-state index in [0.29, 0.717) is 11.6 Å². The molecule has 21 heavy (non-hydrogen) atoms. The van der Waals surface area contributed by atoms with Gasteiger partial charge in [0.2, 0.25) is 0 Å². The van der Waals surface area contributed by atoms with Crippen LogP contribution in [0.1, 0.15) is 31.7 Å². The molecule has 0 fully saturated rings. The Hall–Kier alpha value is -1.81. The number of ether oxygens (including phenoxy) is 2. The molecule has 5 heteroatoms. The van der Waals surface area contributed by atoms with Gasteiger partial charge in [0.05, 0.1) is 6.61 Å². The van der Waals surface area contributed by atoms with E-state index in [0.717, 1.165) is 37.0 Å². The summed E-state index contributed by atoms with van der Waals surface area (Å²) in [5.74, 6) is -1.12. The molecule has 0 radical (unpaired) electrons. The van der Waals surface area contributed by atoms with Gasteiger partial charge in [-0.15, -0.1) is 0 Å². The van der Waals surface area contributed by atoms with E-state index in [1.54, 1.807) is 24.3 Å². The van der Waals surface area contributed by atoms with Crippen LogP contribution in [0.5, 0.6) is 0 Å². The first kappa shape index (κ1) is 17.2. The van der Waals surface area contributed by atoms with Crippen LogP contribution in [0.15, 0.2) is 36.4 Å². The summed E-state index contributed by atoms with van der Waals surface area (Å²) >= 11 is 5.75. The fraction of sp³-hybridized carbons (Fsp3) is 0.375. The molecular formula is C16H19ClO4. The van der Waals surface area contributed by atoms with E-state index in [4.69, 9.17) is 21.1 Å². The summed E-state index contributed by atoms with van der Waals surface area (Å²) in [5, 5.41) is 0.621. The molecule has 0 amide bonds. The highest BCUT2D eigenvalue weighted by atomic mass is 35.5. The van der Waals surface area contributed by atoms with Crippen molar-refractivity contribution in [1.82, 2.24) is 0 Å². The van der Waals surface area contributed by atoms with Gasteiger partial charge in [-0.25, -0.2) is 9.59 Å².